The Labute approximate surface area is 91.9 Å². The number of hydrogen-bond acceptors (Lipinski definition) is 3. The third-order valence-corrected chi connectivity index (χ3v) is 4.35. The average molecular weight is 210 g/mol. The van der Waals surface area contributed by atoms with Crippen LogP contribution in [0.15, 0.2) is 0 Å². The second kappa shape index (κ2) is 2.96. The van der Waals surface area contributed by atoms with Gasteiger partial charge in [0, 0.05) is 18.6 Å². The van der Waals surface area contributed by atoms with Gasteiger partial charge in [0.1, 0.15) is 5.72 Å². The third kappa shape index (κ3) is 1.61. The fourth-order valence-corrected chi connectivity index (χ4v) is 3.44. The summed E-state index contributed by atoms with van der Waals surface area (Å²) in [5, 5.41) is 7.19. The van der Waals surface area contributed by atoms with E-state index >= 15 is 0 Å². The zero-order chi connectivity index (χ0) is 10.6. The summed E-state index contributed by atoms with van der Waals surface area (Å²) in [5.41, 5.74) is 0.811. The quantitative estimate of drug-likeness (QED) is 0.631. The van der Waals surface area contributed by atoms with E-state index in [0.29, 0.717) is 11.0 Å². The van der Waals surface area contributed by atoms with Gasteiger partial charge in [-0.2, -0.15) is 0 Å². The van der Waals surface area contributed by atoms with Crippen LogP contribution in [-0.4, -0.2) is 31.0 Å². The molecule has 2 heterocycles. The fourth-order valence-electron chi connectivity index (χ4n) is 3.44. The normalized spacial score (nSPS) is 42.0. The van der Waals surface area contributed by atoms with E-state index in [2.05, 4.69) is 24.5 Å². The molecule has 2 N–H and O–H groups in total. The Morgan fingerprint density at radius 2 is 1.87 bits per heavy atom. The zero-order valence-corrected chi connectivity index (χ0v) is 9.86. The first kappa shape index (κ1) is 10.1. The van der Waals surface area contributed by atoms with Gasteiger partial charge in [-0.3, -0.25) is 5.32 Å². The first-order chi connectivity index (χ1) is 7.04. The third-order valence-electron chi connectivity index (χ3n) is 4.35. The standard InChI is InChI=1S/C12H22N2O/c1-10(2)3-4-12(7-10)14-11(5-6-15-12)8-13-9-11/h13-14H,3-9H2,1-2H3. The summed E-state index contributed by atoms with van der Waals surface area (Å²) < 4.78 is 6.05. The minimum absolute atomic E-state index is 0.00382. The first-order valence-corrected chi connectivity index (χ1v) is 6.17. The van der Waals surface area contributed by atoms with E-state index in [-0.39, 0.29) is 5.72 Å². The summed E-state index contributed by atoms with van der Waals surface area (Å²) in [7, 11) is 0. The van der Waals surface area contributed by atoms with Crippen LogP contribution in [0.1, 0.15) is 39.5 Å². The molecule has 0 aromatic rings. The van der Waals surface area contributed by atoms with Crippen LogP contribution >= 0.6 is 0 Å². The molecule has 1 aliphatic carbocycles. The Hall–Kier alpha value is -0.120. The number of hydrogen-bond donors (Lipinski definition) is 2. The van der Waals surface area contributed by atoms with Gasteiger partial charge in [-0.05, 0) is 31.1 Å². The summed E-state index contributed by atoms with van der Waals surface area (Å²) in [5.74, 6) is 0. The second-order valence-corrected chi connectivity index (χ2v) is 6.44. The molecule has 86 valence electrons. The van der Waals surface area contributed by atoms with Crippen molar-refractivity contribution in [2.75, 3.05) is 19.7 Å². The molecule has 0 amide bonds. The molecule has 2 spiro atoms. The van der Waals surface area contributed by atoms with Crippen LogP contribution in [0.4, 0.5) is 0 Å². The van der Waals surface area contributed by atoms with Crippen molar-refractivity contribution in [3.63, 3.8) is 0 Å². The van der Waals surface area contributed by atoms with Crippen molar-refractivity contribution < 1.29 is 4.74 Å². The molecule has 3 rings (SSSR count). The van der Waals surface area contributed by atoms with Crippen molar-refractivity contribution >= 4 is 0 Å². The molecule has 0 radical (unpaired) electrons. The molecular formula is C12H22N2O. The van der Waals surface area contributed by atoms with Crippen LogP contribution in [-0.2, 0) is 4.74 Å². The Kier molecular flexibility index (Phi) is 1.99. The number of nitrogens with one attached hydrogen (secondary N) is 2. The SMILES string of the molecule is CC1(C)CCC2(C1)NC1(CCO2)CNC1. The summed E-state index contributed by atoms with van der Waals surface area (Å²) in [6, 6.07) is 0. The van der Waals surface area contributed by atoms with E-state index in [4.69, 9.17) is 4.74 Å². The van der Waals surface area contributed by atoms with Crippen LogP contribution in [0.2, 0.25) is 0 Å². The lowest BCUT2D eigenvalue weighted by atomic mass is 9.84. The van der Waals surface area contributed by atoms with Crippen molar-refractivity contribution in [3.8, 4) is 0 Å². The Morgan fingerprint density at radius 1 is 1.07 bits per heavy atom. The highest BCUT2D eigenvalue weighted by molar-refractivity contribution is 5.08. The monoisotopic (exact) mass is 210 g/mol. The van der Waals surface area contributed by atoms with Gasteiger partial charge in [0.05, 0.1) is 6.61 Å². The van der Waals surface area contributed by atoms with Crippen molar-refractivity contribution in [3.05, 3.63) is 0 Å². The van der Waals surface area contributed by atoms with Crippen LogP contribution in [0.25, 0.3) is 0 Å². The lowest BCUT2D eigenvalue weighted by Crippen LogP contribution is -2.75. The maximum atomic E-state index is 6.05. The highest BCUT2D eigenvalue weighted by Crippen LogP contribution is 2.47. The minimum atomic E-state index is 0.00382. The van der Waals surface area contributed by atoms with Crippen molar-refractivity contribution in [2.45, 2.75) is 50.8 Å². The summed E-state index contributed by atoms with van der Waals surface area (Å²) in [6.45, 7) is 7.89. The van der Waals surface area contributed by atoms with Gasteiger partial charge < -0.3 is 10.1 Å². The van der Waals surface area contributed by atoms with Gasteiger partial charge in [0.25, 0.3) is 0 Å². The molecule has 3 fully saturated rings. The van der Waals surface area contributed by atoms with Crippen LogP contribution in [0.5, 0.6) is 0 Å². The molecule has 0 aromatic heterocycles. The highest BCUT2D eigenvalue weighted by atomic mass is 16.5. The molecule has 15 heavy (non-hydrogen) atoms. The molecule has 3 nitrogen and oxygen atoms in total. The molecule has 1 atom stereocenters. The van der Waals surface area contributed by atoms with Gasteiger partial charge in [-0.25, -0.2) is 0 Å². The fraction of sp³-hybridized carbons (Fsp3) is 1.00. The molecule has 0 aromatic carbocycles. The predicted octanol–water partition coefficient (Wildman–Crippen LogP) is 1.24. The molecule has 3 aliphatic rings. The lowest BCUT2D eigenvalue weighted by Gasteiger charge is -2.53. The summed E-state index contributed by atoms with van der Waals surface area (Å²) >= 11 is 0. The van der Waals surface area contributed by atoms with E-state index < -0.39 is 0 Å². The highest BCUT2D eigenvalue weighted by Gasteiger charge is 2.52. The minimum Gasteiger partial charge on any atom is -0.361 e. The number of rotatable bonds is 0. The molecule has 3 heteroatoms. The van der Waals surface area contributed by atoms with Crippen molar-refractivity contribution in [1.82, 2.24) is 10.6 Å². The maximum absolute atomic E-state index is 6.05. The smallest absolute Gasteiger partial charge is 0.120 e. The van der Waals surface area contributed by atoms with Gasteiger partial charge >= 0.3 is 0 Å². The Bertz CT molecular complexity index is 273. The largest absolute Gasteiger partial charge is 0.361 e. The van der Waals surface area contributed by atoms with E-state index in [0.717, 1.165) is 19.7 Å². The molecule has 1 unspecified atom stereocenters. The van der Waals surface area contributed by atoms with Gasteiger partial charge in [-0.1, -0.05) is 13.8 Å². The van der Waals surface area contributed by atoms with Crippen LogP contribution in [0.3, 0.4) is 0 Å². The van der Waals surface area contributed by atoms with Crippen molar-refractivity contribution in [1.29, 1.82) is 0 Å². The van der Waals surface area contributed by atoms with E-state index in [1.807, 2.05) is 0 Å². The zero-order valence-electron chi connectivity index (χ0n) is 9.86. The first-order valence-electron chi connectivity index (χ1n) is 6.17. The van der Waals surface area contributed by atoms with E-state index in [9.17, 15) is 0 Å². The number of ether oxygens (including phenoxy) is 1. The van der Waals surface area contributed by atoms with Gasteiger partial charge in [-0.15, -0.1) is 0 Å². The van der Waals surface area contributed by atoms with Gasteiger partial charge in [0.2, 0.25) is 0 Å². The Balaban J connectivity index is 1.76. The topological polar surface area (TPSA) is 33.3 Å². The van der Waals surface area contributed by atoms with Crippen LogP contribution < -0.4 is 10.6 Å². The van der Waals surface area contributed by atoms with Gasteiger partial charge in [0.15, 0.2) is 0 Å². The molecule has 1 saturated carbocycles. The molecular weight excluding hydrogens is 188 g/mol. The second-order valence-electron chi connectivity index (χ2n) is 6.44. The van der Waals surface area contributed by atoms with E-state index in [1.165, 1.54) is 25.7 Å². The average Bonchev–Trinajstić information content (AvgIpc) is 2.39. The maximum Gasteiger partial charge on any atom is 0.120 e. The molecule has 2 aliphatic heterocycles. The summed E-state index contributed by atoms with van der Waals surface area (Å²) in [6.07, 6.45) is 4.80. The Morgan fingerprint density at radius 3 is 2.40 bits per heavy atom. The lowest BCUT2D eigenvalue weighted by molar-refractivity contribution is -0.142. The van der Waals surface area contributed by atoms with E-state index in [1.54, 1.807) is 0 Å². The summed E-state index contributed by atoms with van der Waals surface area (Å²) in [4.78, 5) is 0. The molecule has 0 bridgehead atoms. The van der Waals surface area contributed by atoms with Crippen molar-refractivity contribution in [2.24, 2.45) is 5.41 Å². The predicted molar refractivity (Wildman–Crippen MR) is 59.7 cm³/mol. The molecule has 2 saturated heterocycles. The van der Waals surface area contributed by atoms with Crippen LogP contribution in [0, 0.1) is 5.41 Å².